The summed E-state index contributed by atoms with van der Waals surface area (Å²) in [5, 5.41) is 0. The van der Waals surface area contributed by atoms with Crippen LogP contribution < -0.4 is 9.80 Å². The quantitative estimate of drug-likeness (QED) is 0.427. The van der Waals surface area contributed by atoms with E-state index < -0.39 is 0 Å². The molecule has 24 heavy (non-hydrogen) atoms. The first-order valence-electron chi connectivity index (χ1n) is 7.70. The van der Waals surface area contributed by atoms with Gasteiger partial charge in [0, 0.05) is 49.3 Å². The lowest BCUT2D eigenvalue weighted by Gasteiger charge is -2.12. The lowest BCUT2D eigenvalue weighted by molar-refractivity contribution is 1.13. The molecule has 0 aliphatic carbocycles. The van der Waals surface area contributed by atoms with Gasteiger partial charge in [-0.3, -0.25) is 0 Å². The van der Waals surface area contributed by atoms with Crippen LogP contribution in [0.1, 0.15) is 11.1 Å². The Morgan fingerprint density at radius 2 is 0.917 bits per heavy atom. The van der Waals surface area contributed by atoms with Gasteiger partial charge in [0.25, 0.3) is 0 Å². The van der Waals surface area contributed by atoms with Crippen LogP contribution in [0.5, 0.6) is 0 Å². The van der Waals surface area contributed by atoms with Gasteiger partial charge in [-0.25, -0.2) is 0 Å². The summed E-state index contributed by atoms with van der Waals surface area (Å²) in [5.41, 5.74) is 4.36. The van der Waals surface area contributed by atoms with Crippen LogP contribution in [0.4, 0.5) is 11.4 Å². The molecule has 0 aliphatic rings. The molecule has 2 rings (SSSR count). The van der Waals surface area contributed by atoms with Gasteiger partial charge in [0.15, 0.2) is 0 Å². The van der Waals surface area contributed by atoms with Crippen molar-refractivity contribution in [2.45, 2.75) is 0 Å². The molecule has 0 amide bonds. The smallest absolute Gasteiger partial charge is 0.0450 e. The molecule has 0 atom stereocenters. The van der Waals surface area contributed by atoms with Crippen molar-refractivity contribution in [1.82, 2.24) is 0 Å². The van der Waals surface area contributed by atoms with Crippen LogP contribution in [0.15, 0.2) is 60.7 Å². The standard InChI is InChI=1S/C20H22N2S2/c1-21(2)17-9-5-15(6-10-17)19(23)13-14-20(24)16-7-11-18(12-8-16)22(3)4/h5-14H,1-4H3/b14-13-. The fraction of sp³-hybridized carbons (Fsp3) is 0.200. The second-order valence-electron chi connectivity index (χ2n) is 5.94. The van der Waals surface area contributed by atoms with E-state index in [9.17, 15) is 0 Å². The average molecular weight is 355 g/mol. The highest BCUT2D eigenvalue weighted by Gasteiger charge is 2.02. The molecule has 0 saturated heterocycles. The highest BCUT2D eigenvalue weighted by Crippen LogP contribution is 2.15. The molecule has 0 radical (unpaired) electrons. The molecule has 0 heterocycles. The van der Waals surface area contributed by atoms with Gasteiger partial charge < -0.3 is 9.80 Å². The number of rotatable bonds is 6. The molecular formula is C20H22N2S2. The van der Waals surface area contributed by atoms with Crippen molar-refractivity contribution in [1.29, 1.82) is 0 Å². The predicted molar refractivity (Wildman–Crippen MR) is 114 cm³/mol. The van der Waals surface area contributed by atoms with Crippen molar-refractivity contribution in [3.05, 3.63) is 71.8 Å². The fourth-order valence-electron chi connectivity index (χ4n) is 2.19. The molecule has 0 unspecified atom stereocenters. The Bertz CT molecular complexity index is 677. The number of hydrogen-bond acceptors (Lipinski definition) is 4. The second kappa shape index (κ2) is 8.18. The first-order valence-corrected chi connectivity index (χ1v) is 8.51. The number of allylic oxidation sites excluding steroid dienone is 2. The Morgan fingerprint density at radius 1 is 0.625 bits per heavy atom. The van der Waals surface area contributed by atoms with Crippen LogP contribution in [-0.4, -0.2) is 37.9 Å². The van der Waals surface area contributed by atoms with E-state index in [4.69, 9.17) is 24.4 Å². The van der Waals surface area contributed by atoms with E-state index in [1.54, 1.807) is 0 Å². The highest BCUT2D eigenvalue weighted by atomic mass is 32.1. The molecule has 0 bridgehead atoms. The van der Waals surface area contributed by atoms with E-state index in [1.807, 2.05) is 64.6 Å². The zero-order valence-corrected chi connectivity index (χ0v) is 16.1. The Labute approximate surface area is 155 Å². The molecule has 0 aliphatic heterocycles. The lowest BCUT2D eigenvalue weighted by atomic mass is 10.1. The summed E-state index contributed by atoms with van der Waals surface area (Å²) < 4.78 is 0. The number of anilines is 2. The summed E-state index contributed by atoms with van der Waals surface area (Å²) in [4.78, 5) is 5.70. The molecule has 4 heteroatoms. The maximum atomic E-state index is 5.49. The summed E-state index contributed by atoms with van der Waals surface area (Å²) in [6.45, 7) is 0. The van der Waals surface area contributed by atoms with Gasteiger partial charge in [-0.05, 0) is 47.5 Å². The lowest BCUT2D eigenvalue weighted by Crippen LogP contribution is -2.08. The van der Waals surface area contributed by atoms with Gasteiger partial charge in [-0.2, -0.15) is 0 Å². The minimum atomic E-state index is 0.785. The third-order valence-electron chi connectivity index (χ3n) is 3.72. The van der Waals surface area contributed by atoms with Crippen LogP contribution in [0, 0.1) is 0 Å². The fourth-order valence-corrected chi connectivity index (χ4v) is 2.60. The van der Waals surface area contributed by atoms with Crippen LogP contribution in [0.2, 0.25) is 0 Å². The summed E-state index contributed by atoms with van der Waals surface area (Å²) >= 11 is 11.0. The van der Waals surface area contributed by atoms with E-state index in [0.29, 0.717) is 0 Å². The Hall–Kier alpha value is -2.04. The second-order valence-corrected chi connectivity index (χ2v) is 6.82. The maximum absolute atomic E-state index is 5.49. The molecule has 0 N–H and O–H groups in total. The molecule has 0 spiro atoms. The van der Waals surface area contributed by atoms with Crippen molar-refractivity contribution in [2.75, 3.05) is 38.0 Å². The zero-order valence-electron chi connectivity index (χ0n) is 14.5. The number of thiocarbonyl (C=S) groups is 2. The van der Waals surface area contributed by atoms with E-state index in [2.05, 4.69) is 34.1 Å². The predicted octanol–water partition coefficient (Wildman–Crippen LogP) is 4.51. The third-order valence-corrected chi connectivity index (χ3v) is 4.47. The molecule has 124 valence electrons. The Morgan fingerprint density at radius 3 is 1.17 bits per heavy atom. The zero-order chi connectivity index (χ0) is 17.7. The average Bonchev–Trinajstić information content (AvgIpc) is 2.59. The molecular weight excluding hydrogens is 332 g/mol. The Balaban J connectivity index is 2.06. The van der Waals surface area contributed by atoms with E-state index in [0.717, 1.165) is 32.2 Å². The monoisotopic (exact) mass is 354 g/mol. The minimum Gasteiger partial charge on any atom is -0.378 e. The number of nitrogens with zero attached hydrogens (tertiary/aromatic N) is 2. The van der Waals surface area contributed by atoms with Crippen LogP contribution >= 0.6 is 24.4 Å². The van der Waals surface area contributed by atoms with E-state index >= 15 is 0 Å². The van der Waals surface area contributed by atoms with Crippen molar-refractivity contribution >= 4 is 45.5 Å². The molecule has 0 saturated carbocycles. The van der Waals surface area contributed by atoms with Gasteiger partial charge in [-0.1, -0.05) is 48.7 Å². The van der Waals surface area contributed by atoms with Crippen LogP contribution in [0.25, 0.3) is 0 Å². The summed E-state index contributed by atoms with van der Waals surface area (Å²) in [6.07, 6.45) is 3.81. The number of hydrogen-bond donors (Lipinski definition) is 0. The van der Waals surface area contributed by atoms with Gasteiger partial charge in [0.05, 0.1) is 0 Å². The van der Waals surface area contributed by atoms with Crippen molar-refractivity contribution in [2.24, 2.45) is 0 Å². The molecule has 0 aromatic heterocycles. The molecule has 2 aromatic carbocycles. The van der Waals surface area contributed by atoms with E-state index in [1.165, 1.54) is 0 Å². The summed E-state index contributed by atoms with van der Waals surface area (Å²) in [6, 6.07) is 16.4. The van der Waals surface area contributed by atoms with Gasteiger partial charge in [0.1, 0.15) is 0 Å². The third kappa shape index (κ3) is 4.73. The highest BCUT2D eigenvalue weighted by molar-refractivity contribution is 7.81. The van der Waals surface area contributed by atoms with Crippen molar-refractivity contribution in [3.8, 4) is 0 Å². The van der Waals surface area contributed by atoms with Crippen LogP contribution in [0.3, 0.4) is 0 Å². The summed E-state index contributed by atoms with van der Waals surface area (Å²) in [5.74, 6) is 0. The minimum absolute atomic E-state index is 0.785. The van der Waals surface area contributed by atoms with Gasteiger partial charge in [-0.15, -0.1) is 0 Å². The Kier molecular flexibility index (Phi) is 6.23. The molecule has 0 fully saturated rings. The SMILES string of the molecule is CN(C)c1ccc(C(=S)/C=C\C(=S)c2ccc(N(C)C)cc2)cc1. The molecule has 2 nitrogen and oxygen atoms in total. The van der Waals surface area contributed by atoms with Gasteiger partial charge in [0.2, 0.25) is 0 Å². The normalized spacial score (nSPS) is 10.7. The van der Waals surface area contributed by atoms with E-state index in [-0.39, 0.29) is 0 Å². The van der Waals surface area contributed by atoms with Crippen molar-refractivity contribution in [3.63, 3.8) is 0 Å². The summed E-state index contributed by atoms with van der Waals surface area (Å²) in [7, 11) is 8.08. The van der Waals surface area contributed by atoms with Crippen molar-refractivity contribution < 1.29 is 0 Å². The first kappa shape index (κ1) is 18.3. The first-order chi connectivity index (χ1) is 11.4. The van der Waals surface area contributed by atoms with Gasteiger partial charge >= 0.3 is 0 Å². The molecule has 2 aromatic rings. The largest absolute Gasteiger partial charge is 0.378 e. The number of benzene rings is 2. The maximum Gasteiger partial charge on any atom is 0.0450 e. The topological polar surface area (TPSA) is 6.48 Å². The van der Waals surface area contributed by atoms with Crippen LogP contribution in [-0.2, 0) is 0 Å².